The van der Waals surface area contributed by atoms with Crippen molar-refractivity contribution in [2.45, 2.75) is 33.8 Å². The van der Waals surface area contributed by atoms with Crippen LogP contribution in [0.1, 0.15) is 48.4 Å². The van der Waals surface area contributed by atoms with Crippen LogP contribution in [0.4, 0.5) is 8.78 Å². The monoisotopic (exact) mass is 403 g/mol. The van der Waals surface area contributed by atoms with Crippen LogP contribution in [0.2, 0.25) is 0 Å². The maximum atomic E-state index is 13.1. The van der Waals surface area contributed by atoms with Gasteiger partial charge in [-0.1, -0.05) is 27.7 Å². The van der Waals surface area contributed by atoms with Gasteiger partial charge in [0.2, 0.25) is 0 Å². The van der Waals surface area contributed by atoms with Gasteiger partial charge in [-0.25, -0.2) is 13.6 Å². The zero-order chi connectivity index (χ0) is 21.6. The number of hydrogen-bond donors (Lipinski definition) is 1. The van der Waals surface area contributed by atoms with E-state index in [2.05, 4.69) is 5.32 Å². The van der Waals surface area contributed by atoms with Crippen molar-refractivity contribution >= 4 is 11.9 Å². The molecular weight excluding hydrogens is 376 g/mol. The average molecular weight is 403 g/mol. The van der Waals surface area contributed by atoms with Crippen molar-refractivity contribution in [3.63, 3.8) is 0 Å². The van der Waals surface area contributed by atoms with Crippen molar-refractivity contribution in [1.29, 1.82) is 0 Å². The van der Waals surface area contributed by atoms with Crippen LogP contribution in [0.5, 0.6) is 0 Å². The van der Waals surface area contributed by atoms with Crippen molar-refractivity contribution in [3.05, 3.63) is 71.3 Å². The average Bonchev–Trinajstić information content (AvgIpc) is 2.67. The van der Waals surface area contributed by atoms with E-state index in [1.165, 1.54) is 48.5 Å². The highest BCUT2D eigenvalue weighted by molar-refractivity contribution is 5.94. The van der Waals surface area contributed by atoms with Crippen molar-refractivity contribution in [2.75, 3.05) is 6.54 Å². The zero-order valence-electron chi connectivity index (χ0n) is 17.1. The molecule has 0 saturated heterocycles. The highest BCUT2D eigenvalue weighted by atomic mass is 19.1. The summed E-state index contributed by atoms with van der Waals surface area (Å²) >= 11 is 0. The molecule has 0 aliphatic rings. The Morgan fingerprint density at radius 2 is 1.31 bits per heavy atom. The van der Waals surface area contributed by atoms with Crippen LogP contribution >= 0.6 is 0 Å². The van der Waals surface area contributed by atoms with Gasteiger partial charge in [0, 0.05) is 18.0 Å². The number of ether oxygens (including phenoxy) is 1. The number of amides is 1. The van der Waals surface area contributed by atoms with E-state index >= 15 is 0 Å². The smallest absolute Gasteiger partial charge is 0.338 e. The van der Waals surface area contributed by atoms with Crippen LogP contribution in [0.3, 0.4) is 0 Å². The molecule has 0 spiro atoms. The lowest BCUT2D eigenvalue weighted by atomic mass is 9.84. The molecule has 2 rings (SSSR count). The van der Waals surface area contributed by atoms with Crippen LogP contribution in [-0.2, 0) is 4.74 Å². The number of carbonyl (C=O) groups excluding carboxylic acids is 2. The Morgan fingerprint density at radius 1 is 0.828 bits per heavy atom. The van der Waals surface area contributed by atoms with E-state index in [4.69, 9.17) is 4.74 Å². The van der Waals surface area contributed by atoms with E-state index in [-0.39, 0.29) is 29.2 Å². The van der Waals surface area contributed by atoms with Gasteiger partial charge in [0.25, 0.3) is 5.91 Å². The van der Waals surface area contributed by atoms with Crippen LogP contribution in [-0.4, -0.2) is 24.5 Å². The normalized spacial score (nSPS) is 13.2. The molecule has 0 bridgehead atoms. The molecule has 29 heavy (non-hydrogen) atoms. The minimum Gasteiger partial charge on any atom is -0.458 e. The number of halogens is 2. The molecular formula is C23H27F2NO3. The van der Waals surface area contributed by atoms with Crippen LogP contribution in [0, 0.1) is 29.4 Å². The second-order valence-electron chi connectivity index (χ2n) is 7.75. The molecule has 0 radical (unpaired) electrons. The van der Waals surface area contributed by atoms with E-state index in [0.29, 0.717) is 12.1 Å². The van der Waals surface area contributed by atoms with E-state index in [1.807, 2.05) is 27.7 Å². The maximum absolute atomic E-state index is 13.1. The van der Waals surface area contributed by atoms with E-state index in [9.17, 15) is 18.4 Å². The summed E-state index contributed by atoms with van der Waals surface area (Å²) in [4.78, 5) is 24.9. The number of rotatable bonds is 8. The molecule has 1 amide bonds. The third kappa shape index (κ3) is 6.38. The van der Waals surface area contributed by atoms with Gasteiger partial charge in [-0.3, -0.25) is 4.79 Å². The SMILES string of the molecule is CC(C)C(CNC(=O)c1ccc(F)cc1)C(OC(=O)c1ccc(F)cc1)C(C)C. The van der Waals surface area contributed by atoms with Gasteiger partial charge in [0.1, 0.15) is 17.7 Å². The lowest BCUT2D eigenvalue weighted by molar-refractivity contribution is -0.0110. The predicted octanol–water partition coefficient (Wildman–Crippen LogP) is 4.85. The molecule has 2 unspecified atom stereocenters. The summed E-state index contributed by atoms with van der Waals surface area (Å²) in [6.07, 6.45) is -0.443. The zero-order valence-corrected chi connectivity index (χ0v) is 17.1. The molecule has 4 nitrogen and oxygen atoms in total. The molecule has 0 fully saturated rings. The lowest BCUT2D eigenvalue weighted by Gasteiger charge is -2.33. The number of nitrogens with one attached hydrogen (secondary N) is 1. The Morgan fingerprint density at radius 3 is 1.76 bits per heavy atom. The largest absolute Gasteiger partial charge is 0.458 e. The van der Waals surface area contributed by atoms with E-state index < -0.39 is 23.7 Å². The maximum Gasteiger partial charge on any atom is 0.338 e. The van der Waals surface area contributed by atoms with Gasteiger partial charge >= 0.3 is 5.97 Å². The fraction of sp³-hybridized carbons (Fsp3) is 0.391. The third-order valence-corrected chi connectivity index (χ3v) is 4.86. The minimum atomic E-state index is -0.529. The molecule has 0 aliphatic carbocycles. The molecule has 2 aromatic carbocycles. The molecule has 6 heteroatoms. The lowest BCUT2D eigenvalue weighted by Crippen LogP contribution is -2.42. The van der Waals surface area contributed by atoms with Crippen LogP contribution in [0.25, 0.3) is 0 Å². The summed E-state index contributed by atoms with van der Waals surface area (Å²) < 4.78 is 31.9. The quantitative estimate of drug-likeness (QED) is 0.641. The van der Waals surface area contributed by atoms with Crippen molar-refractivity contribution in [2.24, 2.45) is 17.8 Å². The minimum absolute atomic E-state index is 0.00882. The second kappa shape index (κ2) is 10.1. The number of hydrogen-bond acceptors (Lipinski definition) is 3. The molecule has 0 aliphatic heterocycles. The van der Waals surface area contributed by atoms with E-state index in [1.54, 1.807) is 0 Å². The predicted molar refractivity (Wildman–Crippen MR) is 108 cm³/mol. The second-order valence-corrected chi connectivity index (χ2v) is 7.75. The Bertz CT molecular complexity index is 817. The highest BCUT2D eigenvalue weighted by Crippen LogP contribution is 2.25. The fourth-order valence-electron chi connectivity index (χ4n) is 3.14. The molecule has 0 saturated carbocycles. The van der Waals surface area contributed by atoms with Gasteiger partial charge in [-0.2, -0.15) is 0 Å². The van der Waals surface area contributed by atoms with Crippen molar-refractivity contribution < 1.29 is 23.1 Å². The molecule has 0 aromatic heterocycles. The first-order valence-corrected chi connectivity index (χ1v) is 9.69. The number of esters is 1. The summed E-state index contributed by atoms with van der Waals surface area (Å²) in [6, 6.07) is 10.5. The van der Waals surface area contributed by atoms with Crippen molar-refractivity contribution in [1.82, 2.24) is 5.32 Å². The highest BCUT2D eigenvalue weighted by Gasteiger charge is 2.31. The first-order valence-electron chi connectivity index (χ1n) is 9.69. The van der Waals surface area contributed by atoms with Crippen LogP contribution in [0.15, 0.2) is 48.5 Å². The molecule has 2 aromatic rings. The Kier molecular flexibility index (Phi) is 7.88. The van der Waals surface area contributed by atoms with Gasteiger partial charge in [-0.05, 0) is 60.4 Å². The fourth-order valence-corrected chi connectivity index (χ4v) is 3.14. The summed E-state index contributed by atoms with van der Waals surface area (Å²) in [6.45, 7) is 8.18. The topological polar surface area (TPSA) is 55.4 Å². The Hall–Kier alpha value is -2.76. The summed E-state index contributed by atoms with van der Waals surface area (Å²) in [5.74, 6) is -1.68. The van der Waals surface area contributed by atoms with Gasteiger partial charge in [-0.15, -0.1) is 0 Å². The third-order valence-electron chi connectivity index (χ3n) is 4.86. The molecule has 2 atom stereocenters. The van der Waals surface area contributed by atoms with Crippen LogP contribution < -0.4 is 5.32 Å². The van der Waals surface area contributed by atoms with Gasteiger partial charge in [0.15, 0.2) is 0 Å². The standard InChI is InChI=1S/C23H27F2NO3/c1-14(2)20(13-26-22(27)16-5-9-18(24)10-6-16)21(15(3)4)29-23(28)17-7-11-19(25)12-8-17/h5-12,14-15,20-21H,13H2,1-4H3,(H,26,27). The number of benzene rings is 2. The summed E-state index contributed by atoms with van der Waals surface area (Å²) in [5, 5.41) is 2.85. The van der Waals surface area contributed by atoms with Gasteiger partial charge < -0.3 is 10.1 Å². The molecule has 1 N–H and O–H groups in total. The Balaban J connectivity index is 2.09. The van der Waals surface area contributed by atoms with Gasteiger partial charge in [0.05, 0.1) is 5.56 Å². The number of carbonyl (C=O) groups is 2. The molecule has 156 valence electrons. The summed E-state index contributed by atoms with van der Waals surface area (Å²) in [7, 11) is 0. The first kappa shape index (κ1) is 22.5. The molecule has 0 heterocycles. The Labute approximate surface area is 170 Å². The van der Waals surface area contributed by atoms with E-state index in [0.717, 1.165) is 0 Å². The van der Waals surface area contributed by atoms with Crippen molar-refractivity contribution in [3.8, 4) is 0 Å². The summed E-state index contributed by atoms with van der Waals surface area (Å²) in [5.41, 5.74) is 0.633. The first-order chi connectivity index (χ1) is 13.7.